The molecule has 92 valence electrons. The van der Waals surface area contributed by atoms with Crippen LogP contribution < -0.4 is 10.2 Å². The van der Waals surface area contributed by atoms with Crippen LogP contribution in [0.4, 0.5) is 24.5 Å². The maximum atomic E-state index is 12.6. The van der Waals surface area contributed by atoms with E-state index in [9.17, 15) is 13.2 Å². The lowest BCUT2D eigenvalue weighted by Crippen LogP contribution is -2.43. The van der Waals surface area contributed by atoms with Crippen LogP contribution in [-0.2, 0) is 6.18 Å². The van der Waals surface area contributed by atoms with Crippen LogP contribution in [0.15, 0.2) is 18.2 Å². The van der Waals surface area contributed by atoms with Gasteiger partial charge in [-0.25, -0.2) is 0 Å². The largest absolute Gasteiger partial charge is 0.416 e. The first-order valence-electron chi connectivity index (χ1n) is 5.61. The van der Waals surface area contributed by atoms with Gasteiger partial charge in [0.15, 0.2) is 0 Å². The zero-order valence-electron chi connectivity index (χ0n) is 9.43. The Bertz CT molecular complexity index is 463. The Balaban J connectivity index is 2.01. The van der Waals surface area contributed by atoms with Gasteiger partial charge in [0.1, 0.15) is 0 Å². The Morgan fingerprint density at radius 1 is 1.29 bits per heavy atom. The van der Waals surface area contributed by atoms with Crippen molar-refractivity contribution in [2.24, 2.45) is 0 Å². The Morgan fingerprint density at radius 2 is 2.00 bits per heavy atom. The van der Waals surface area contributed by atoms with Gasteiger partial charge in [-0.3, -0.25) is 0 Å². The molecule has 1 saturated carbocycles. The van der Waals surface area contributed by atoms with Crippen LogP contribution in [0.5, 0.6) is 0 Å². The quantitative estimate of drug-likeness (QED) is 0.752. The van der Waals surface area contributed by atoms with Gasteiger partial charge in [-0.1, -0.05) is 0 Å². The van der Waals surface area contributed by atoms with Gasteiger partial charge in [-0.05, 0) is 31.0 Å². The van der Waals surface area contributed by atoms with Gasteiger partial charge in [0.05, 0.1) is 22.5 Å². The molecule has 1 fully saturated rings. The molecule has 3 rings (SSSR count). The van der Waals surface area contributed by atoms with Gasteiger partial charge in [0.2, 0.25) is 0 Å². The lowest BCUT2D eigenvalue weighted by atomic mass is 10.1. The molecule has 5 heteroatoms. The molecule has 1 aliphatic heterocycles. The number of nitrogens with one attached hydrogen (secondary N) is 1. The Kier molecular flexibility index (Phi) is 1.95. The van der Waals surface area contributed by atoms with E-state index in [0.29, 0.717) is 5.69 Å². The Labute approximate surface area is 97.4 Å². The highest BCUT2D eigenvalue weighted by Crippen LogP contribution is 2.49. The number of benzene rings is 1. The minimum absolute atomic E-state index is 0.146. The predicted octanol–water partition coefficient (Wildman–Crippen LogP) is 3.10. The minimum atomic E-state index is -4.27. The van der Waals surface area contributed by atoms with Gasteiger partial charge in [0.25, 0.3) is 0 Å². The van der Waals surface area contributed by atoms with Crippen molar-refractivity contribution in [2.75, 3.05) is 23.8 Å². The van der Waals surface area contributed by atoms with Crippen molar-refractivity contribution in [1.82, 2.24) is 0 Å². The average Bonchev–Trinajstić information content (AvgIpc) is 3.03. The first-order chi connectivity index (χ1) is 7.92. The lowest BCUT2D eigenvalue weighted by molar-refractivity contribution is -0.137. The van der Waals surface area contributed by atoms with Crippen LogP contribution in [-0.4, -0.2) is 19.1 Å². The first kappa shape index (κ1) is 10.7. The highest BCUT2D eigenvalue weighted by atomic mass is 19.4. The summed E-state index contributed by atoms with van der Waals surface area (Å²) >= 11 is 0. The molecule has 1 aromatic carbocycles. The van der Waals surface area contributed by atoms with Gasteiger partial charge in [0, 0.05) is 13.6 Å². The second-order valence-corrected chi connectivity index (χ2v) is 4.87. The third-order valence-corrected chi connectivity index (χ3v) is 3.83. The monoisotopic (exact) mass is 242 g/mol. The molecule has 0 saturated heterocycles. The molecule has 1 aliphatic carbocycles. The van der Waals surface area contributed by atoms with Crippen molar-refractivity contribution >= 4 is 11.4 Å². The Morgan fingerprint density at radius 3 is 2.59 bits per heavy atom. The molecule has 2 aliphatic rings. The minimum Gasteiger partial charge on any atom is -0.381 e. The second kappa shape index (κ2) is 3.09. The summed E-state index contributed by atoms with van der Waals surface area (Å²) in [4.78, 5) is 2.11. The smallest absolute Gasteiger partial charge is 0.381 e. The topological polar surface area (TPSA) is 15.3 Å². The molecule has 1 heterocycles. The predicted molar refractivity (Wildman–Crippen MR) is 60.3 cm³/mol. The number of rotatable bonds is 0. The SMILES string of the molecule is CN1c2ccc(C(F)(F)F)cc2NCC12CC2. The van der Waals surface area contributed by atoms with Crippen LogP contribution in [0, 0.1) is 0 Å². The molecule has 1 N–H and O–H groups in total. The highest BCUT2D eigenvalue weighted by Gasteiger charge is 2.49. The molecule has 2 nitrogen and oxygen atoms in total. The van der Waals surface area contributed by atoms with Crippen molar-refractivity contribution in [3.63, 3.8) is 0 Å². The number of likely N-dealkylation sites (N-methyl/N-ethyl adjacent to an activating group) is 1. The maximum Gasteiger partial charge on any atom is 0.416 e. The van der Waals surface area contributed by atoms with Crippen molar-refractivity contribution in [2.45, 2.75) is 24.6 Å². The number of halogens is 3. The standard InChI is InChI=1S/C12H13F3N2/c1-17-10-3-2-8(12(13,14)15)6-9(10)16-7-11(17)4-5-11/h2-3,6,16H,4-5,7H2,1H3. The second-order valence-electron chi connectivity index (χ2n) is 4.87. The van der Waals surface area contributed by atoms with E-state index in [1.54, 1.807) is 6.07 Å². The summed E-state index contributed by atoms with van der Waals surface area (Å²) in [7, 11) is 1.96. The molecule has 17 heavy (non-hydrogen) atoms. The molecule has 0 radical (unpaired) electrons. The molecule has 0 amide bonds. The van der Waals surface area contributed by atoms with E-state index in [0.717, 1.165) is 31.1 Å². The van der Waals surface area contributed by atoms with Crippen molar-refractivity contribution in [1.29, 1.82) is 0 Å². The third-order valence-electron chi connectivity index (χ3n) is 3.83. The van der Waals surface area contributed by atoms with Gasteiger partial charge < -0.3 is 10.2 Å². The fourth-order valence-electron chi connectivity index (χ4n) is 2.44. The summed E-state index contributed by atoms with van der Waals surface area (Å²) in [5.41, 5.74) is 0.998. The van der Waals surface area contributed by atoms with E-state index in [4.69, 9.17) is 0 Å². The molecule has 0 bridgehead atoms. The van der Waals surface area contributed by atoms with E-state index in [1.807, 2.05) is 7.05 Å². The van der Waals surface area contributed by atoms with Crippen molar-refractivity contribution < 1.29 is 13.2 Å². The number of fused-ring (bicyclic) bond motifs is 1. The van der Waals surface area contributed by atoms with Crippen LogP contribution in [0.2, 0.25) is 0 Å². The molecule has 0 atom stereocenters. The summed E-state index contributed by atoms with van der Waals surface area (Å²) in [5.74, 6) is 0. The molecule has 0 unspecified atom stereocenters. The van der Waals surface area contributed by atoms with E-state index in [1.165, 1.54) is 6.07 Å². The lowest BCUT2D eigenvalue weighted by Gasteiger charge is -2.37. The average molecular weight is 242 g/mol. The highest BCUT2D eigenvalue weighted by molar-refractivity contribution is 5.75. The number of nitrogens with zero attached hydrogens (tertiary/aromatic N) is 1. The summed E-state index contributed by atoms with van der Waals surface area (Å²) in [6.07, 6.45) is -2.06. The van der Waals surface area contributed by atoms with Gasteiger partial charge >= 0.3 is 6.18 Å². The van der Waals surface area contributed by atoms with Crippen molar-refractivity contribution in [3.8, 4) is 0 Å². The van der Waals surface area contributed by atoms with E-state index >= 15 is 0 Å². The number of alkyl halides is 3. The normalized spacial score (nSPS) is 21.1. The molecule has 0 aromatic heterocycles. The number of anilines is 2. The fraction of sp³-hybridized carbons (Fsp3) is 0.500. The summed E-state index contributed by atoms with van der Waals surface area (Å²) in [5, 5.41) is 3.12. The first-order valence-corrected chi connectivity index (χ1v) is 5.61. The zero-order chi connectivity index (χ0) is 12.3. The van der Waals surface area contributed by atoms with Gasteiger partial charge in [-0.15, -0.1) is 0 Å². The Hall–Kier alpha value is -1.39. The van der Waals surface area contributed by atoms with Crippen molar-refractivity contribution in [3.05, 3.63) is 23.8 Å². The van der Waals surface area contributed by atoms with E-state index in [-0.39, 0.29) is 5.54 Å². The molecular formula is C12H13F3N2. The summed E-state index contributed by atoms with van der Waals surface area (Å²) in [6, 6.07) is 3.91. The van der Waals surface area contributed by atoms with Crippen LogP contribution >= 0.6 is 0 Å². The summed E-state index contributed by atoms with van der Waals surface area (Å²) in [6.45, 7) is 0.734. The summed E-state index contributed by atoms with van der Waals surface area (Å²) < 4.78 is 37.7. The molecular weight excluding hydrogens is 229 g/mol. The zero-order valence-corrected chi connectivity index (χ0v) is 9.43. The van der Waals surface area contributed by atoms with E-state index in [2.05, 4.69) is 10.2 Å². The number of hydrogen-bond donors (Lipinski definition) is 1. The maximum absolute atomic E-state index is 12.6. The molecule has 1 spiro atoms. The van der Waals surface area contributed by atoms with Gasteiger partial charge in [-0.2, -0.15) is 13.2 Å². The van der Waals surface area contributed by atoms with Crippen LogP contribution in [0.25, 0.3) is 0 Å². The van der Waals surface area contributed by atoms with Crippen LogP contribution in [0.1, 0.15) is 18.4 Å². The third kappa shape index (κ3) is 1.56. The van der Waals surface area contributed by atoms with Crippen LogP contribution in [0.3, 0.4) is 0 Å². The number of hydrogen-bond acceptors (Lipinski definition) is 2. The van der Waals surface area contributed by atoms with E-state index < -0.39 is 11.7 Å². The molecule has 1 aromatic rings. The fourth-order valence-corrected chi connectivity index (χ4v) is 2.44.